The molecule has 3 nitrogen and oxygen atoms in total. The summed E-state index contributed by atoms with van der Waals surface area (Å²) in [5, 5.41) is 0. The molecule has 0 unspecified atom stereocenters. The van der Waals surface area contributed by atoms with Crippen LogP contribution in [0.1, 0.15) is 22.3 Å². The van der Waals surface area contributed by atoms with Gasteiger partial charge >= 0.3 is 0 Å². The Hall–Kier alpha value is -1.19. The van der Waals surface area contributed by atoms with Gasteiger partial charge in [-0.3, -0.25) is 9.69 Å². The highest BCUT2D eigenvalue weighted by molar-refractivity contribution is 5.97. The van der Waals surface area contributed by atoms with Crippen molar-refractivity contribution in [3.63, 3.8) is 0 Å². The number of hydrogen-bond donors (Lipinski definition) is 0. The largest absolute Gasteiger partial charge is 0.305 e. The maximum absolute atomic E-state index is 12.2. The highest BCUT2D eigenvalue weighted by Crippen LogP contribution is 2.07. The standard InChI is InChI=1S/C15H22N2O/c1-13-4-6-14(7-5-13)15(18)12-17-9-3-8-16(2)10-11-17/h4-7H,3,8-12H2,1-2H3. The highest BCUT2D eigenvalue weighted by atomic mass is 16.1. The van der Waals surface area contributed by atoms with Gasteiger partial charge in [-0.2, -0.15) is 0 Å². The quantitative estimate of drug-likeness (QED) is 0.760. The van der Waals surface area contributed by atoms with E-state index >= 15 is 0 Å². The van der Waals surface area contributed by atoms with Crippen LogP contribution in [-0.2, 0) is 0 Å². The number of aryl methyl sites for hydroxylation is 1. The van der Waals surface area contributed by atoms with Crippen LogP contribution < -0.4 is 0 Å². The summed E-state index contributed by atoms with van der Waals surface area (Å²) in [5.41, 5.74) is 2.03. The topological polar surface area (TPSA) is 23.6 Å². The van der Waals surface area contributed by atoms with Crippen molar-refractivity contribution in [1.82, 2.24) is 9.80 Å². The SMILES string of the molecule is Cc1ccc(C(=O)CN2CCCN(C)CC2)cc1. The Kier molecular flexibility index (Phi) is 4.50. The van der Waals surface area contributed by atoms with Crippen molar-refractivity contribution in [3.8, 4) is 0 Å². The van der Waals surface area contributed by atoms with Gasteiger partial charge in [-0.25, -0.2) is 0 Å². The number of likely N-dealkylation sites (N-methyl/N-ethyl adjacent to an activating group) is 1. The van der Waals surface area contributed by atoms with Gasteiger partial charge in [-0.05, 0) is 33.5 Å². The van der Waals surface area contributed by atoms with E-state index in [4.69, 9.17) is 0 Å². The molecule has 98 valence electrons. The van der Waals surface area contributed by atoms with Gasteiger partial charge in [0, 0.05) is 18.7 Å². The second-order valence-electron chi connectivity index (χ2n) is 5.22. The number of carbonyl (C=O) groups excluding carboxylic acids is 1. The second kappa shape index (κ2) is 6.12. The summed E-state index contributed by atoms with van der Waals surface area (Å²) in [4.78, 5) is 16.8. The Morgan fingerprint density at radius 3 is 2.56 bits per heavy atom. The fourth-order valence-electron chi connectivity index (χ4n) is 2.29. The third kappa shape index (κ3) is 3.65. The minimum atomic E-state index is 0.236. The average molecular weight is 246 g/mol. The molecule has 1 aromatic rings. The number of carbonyl (C=O) groups is 1. The smallest absolute Gasteiger partial charge is 0.176 e. The van der Waals surface area contributed by atoms with Crippen LogP contribution in [0.5, 0.6) is 0 Å². The van der Waals surface area contributed by atoms with Crippen LogP contribution >= 0.6 is 0 Å². The summed E-state index contributed by atoms with van der Waals surface area (Å²) in [6, 6.07) is 7.87. The number of benzene rings is 1. The van der Waals surface area contributed by atoms with Crippen molar-refractivity contribution in [1.29, 1.82) is 0 Å². The van der Waals surface area contributed by atoms with E-state index in [0.717, 1.165) is 38.2 Å². The van der Waals surface area contributed by atoms with Crippen LogP contribution in [0, 0.1) is 6.92 Å². The van der Waals surface area contributed by atoms with E-state index in [2.05, 4.69) is 16.8 Å². The molecule has 0 bridgehead atoms. The average Bonchev–Trinajstić information content (AvgIpc) is 2.55. The molecule has 1 aliphatic heterocycles. The van der Waals surface area contributed by atoms with Gasteiger partial charge in [0.05, 0.1) is 6.54 Å². The third-order valence-electron chi connectivity index (χ3n) is 3.55. The number of nitrogens with zero attached hydrogens (tertiary/aromatic N) is 2. The Morgan fingerprint density at radius 2 is 1.83 bits per heavy atom. The summed E-state index contributed by atoms with van der Waals surface area (Å²) >= 11 is 0. The first-order chi connectivity index (χ1) is 8.65. The van der Waals surface area contributed by atoms with Gasteiger partial charge in [0.25, 0.3) is 0 Å². The monoisotopic (exact) mass is 246 g/mol. The Labute approximate surface area is 109 Å². The van der Waals surface area contributed by atoms with Gasteiger partial charge < -0.3 is 4.90 Å². The minimum absolute atomic E-state index is 0.236. The Morgan fingerprint density at radius 1 is 1.11 bits per heavy atom. The molecule has 0 amide bonds. The van der Waals surface area contributed by atoms with Gasteiger partial charge in [-0.1, -0.05) is 29.8 Å². The van der Waals surface area contributed by atoms with Crippen LogP contribution in [0.15, 0.2) is 24.3 Å². The molecule has 1 heterocycles. The highest BCUT2D eigenvalue weighted by Gasteiger charge is 2.15. The summed E-state index contributed by atoms with van der Waals surface area (Å²) in [6.07, 6.45) is 1.15. The summed E-state index contributed by atoms with van der Waals surface area (Å²) in [7, 11) is 2.14. The van der Waals surface area contributed by atoms with Crippen LogP contribution in [0.4, 0.5) is 0 Å². The van der Waals surface area contributed by atoms with Crippen molar-refractivity contribution in [2.75, 3.05) is 39.8 Å². The second-order valence-corrected chi connectivity index (χ2v) is 5.22. The molecular formula is C15H22N2O. The molecular weight excluding hydrogens is 224 g/mol. The molecule has 3 heteroatoms. The molecule has 0 saturated carbocycles. The predicted octanol–water partition coefficient (Wildman–Crippen LogP) is 1.82. The predicted molar refractivity (Wildman–Crippen MR) is 74.1 cm³/mol. The van der Waals surface area contributed by atoms with Crippen molar-refractivity contribution in [2.24, 2.45) is 0 Å². The van der Waals surface area contributed by atoms with E-state index in [-0.39, 0.29) is 5.78 Å². The van der Waals surface area contributed by atoms with E-state index in [1.165, 1.54) is 5.56 Å². The van der Waals surface area contributed by atoms with Crippen molar-refractivity contribution >= 4 is 5.78 Å². The maximum atomic E-state index is 12.2. The lowest BCUT2D eigenvalue weighted by molar-refractivity contribution is 0.0933. The molecule has 0 aliphatic carbocycles. The van der Waals surface area contributed by atoms with Crippen LogP contribution in [0.2, 0.25) is 0 Å². The molecule has 1 aliphatic rings. The molecule has 0 radical (unpaired) electrons. The normalized spacial score (nSPS) is 18.6. The summed E-state index contributed by atoms with van der Waals surface area (Å²) in [6.45, 7) is 6.81. The van der Waals surface area contributed by atoms with Crippen molar-refractivity contribution < 1.29 is 4.79 Å². The first-order valence-corrected chi connectivity index (χ1v) is 6.66. The maximum Gasteiger partial charge on any atom is 0.176 e. The molecule has 1 saturated heterocycles. The lowest BCUT2D eigenvalue weighted by Gasteiger charge is -2.19. The summed E-state index contributed by atoms with van der Waals surface area (Å²) in [5.74, 6) is 0.236. The molecule has 1 fully saturated rings. The lowest BCUT2D eigenvalue weighted by atomic mass is 10.1. The van der Waals surface area contributed by atoms with Crippen LogP contribution in [-0.4, -0.2) is 55.4 Å². The van der Waals surface area contributed by atoms with E-state index < -0.39 is 0 Å². The number of ketones is 1. The number of rotatable bonds is 3. The zero-order valence-corrected chi connectivity index (χ0v) is 11.4. The molecule has 0 atom stereocenters. The Balaban J connectivity index is 1.92. The lowest BCUT2D eigenvalue weighted by Crippen LogP contribution is -2.33. The van der Waals surface area contributed by atoms with Crippen LogP contribution in [0.25, 0.3) is 0 Å². The first kappa shape index (κ1) is 13.2. The molecule has 1 aromatic carbocycles. The fourth-order valence-corrected chi connectivity index (χ4v) is 2.29. The van der Waals surface area contributed by atoms with Gasteiger partial charge in [0.15, 0.2) is 5.78 Å². The third-order valence-corrected chi connectivity index (χ3v) is 3.55. The van der Waals surface area contributed by atoms with Crippen molar-refractivity contribution in [3.05, 3.63) is 35.4 Å². The number of hydrogen-bond acceptors (Lipinski definition) is 3. The van der Waals surface area contributed by atoms with Gasteiger partial charge in [0.1, 0.15) is 0 Å². The van der Waals surface area contributed by atoms with Crippen LogP contribution in [0.3, 0.4) is 0 Å². The molecule has 0 aromatic heterocycles. The summed E-state index contributed by atoms with van der Waals surface area (Å²) < 4.78 is 0. The zero-order valence-electron chi connectivity index (χ0n) is 11.4. The van der Waals surface area contributed by atoms with E-state index in [1.807, 2.05) is 31.2 Å². The fraction of sp³-hybridized carbons (Fsp3) is 0.533. The molecule has 18 heavy (non-hydrogen) atoms. The molecule has 0 spiro atoms. The van der Waals surface area contributed by atoms with Gasteiger partial charge in [0.2, 0.25) is 0 Å². The minimum Gasteiger partial charge on any atom is -0.305 e. The molecule has 2 rings (SSSR count). The Bertz CT molecular complexity index is 399. The van der Waals surface area contributed by atoms with E-state index in [9.17, 15) is 4.79 Å². The van der Waals surface area contributed by atoms with Crippen molar-refractivity contribution in [2.45, 2.75) is 13.3 Å². The molecule has 0 N–H and O–H groups in total. The van der Waals surface area contributed by atoms with E-state index in [0.29, 0.717) is 6.54 Å². The first-order valence-electron chi connectivity index (χ1n) is 6.66. The van der Waals surface area contributed by atoms with Gasteiger partial charge in [-0.15, -0.1) is 0 Å². The van der Waals surface area contributed by atoms with E-state index in [1.54, 1.807) is 0 Å². The number of Topliss-reactive ketones (excluding diaryl/α,β-unsaturated/α-hetero) is 1. The zero-order chi connectivity index (χ0) is 13.0.